The van der Waals surface area contributed by atoms with Gasteiger partial charge in [-0.2, -0.15) is 4.98 Å². The van der Waals surface area contributed by atoms with Crippen molar-refractivity contribution in [3.63, 3.8) is 0 Å². The average molecular weight is 550 g/mol. The largest absolute Gasteiger partial charge is 0.356 e. The van der Waals surface area contributed by atoms with Crippen molar-refractivity contribution in [3.8, 4) is 11.6 Å². The Hall–Kier alpha value is -2.14. The van der Waals surface area contributed by atoms with E-state index in [1.165, 1.54) is 11.3 Å². The van der Waals surface area contributed by atoms with Crippen molar-refractivity contribution in [3.05, 3.63) is 60.6 Å². The predicted molar refractivity (Wildman–Crippen MR) is 135 cm³/mol. The number of hydrogen-bond acceptors (Lipinski definition) is 6. The molecule has 1 aliphatic heterocycles. The highest BCUT2D eigenvalue weighted by molar-refractivity contribution is 14.0. The smallest absolute Gasteiger partial charge is 0.276 e. The van der Waals surface area contributed by atoms with Crippen molar-refractivity contribution in [1.82, 2.24) is 25.3 Å². The number of pyridine rings is 1. The topological polar surface area (TPSA) is 79.4 Å². The van der Waals surface area contributed by atoms with Crippen molar-refractivity contribution in [2.75, 3.05) is 32.4 Å². The molecular weight excluding hydrogens is 523 g/mol. The number of guanidine groups is 1. The van der Waals surface area contributed by atoms with Crippen LogP contribution in [0.5, 0.6) is 0 Å². The molecule has 0 amide bonds. The predicted octanol–water partition coefficient (Wildman–Crippen LogP) is 3.98. The molecule has 1 aromatic carbocycles. The van der Waals surface area contributed by atoms with Gasteiger partial charge in [-0.1, -0.05) is 29.4 Å². The lowest BCUT2D eigenvalue weighted by Gasteiger charge is -2.21. The third-order valence-electron chi connectivity index (χ3n) is 5.01. The van der Waals surface area contributed by atoms with E-state index in [1.807, 2.05) is 37.0 Å². The van der Waals surface area contributed by atoms with Crippen LogP contribution in [0, 0.1) is 5.92 Å². The Balaban J connectivity index is 0.00000272. The van der Waals surface area contributed by atoms with E-state index in [1.54, 1.807) is 6.20 Å². The second kappa shape index (κ2) is 12.0. The fraction of sp³-hybridized carbons (Fsp3) is 0.364. The lowest BCUT2D eigenvalue weighted by molar-refractivity contribution is 0.420. The first-order valence-corrected chi connectivity index (χ1v) is 11.2. The van der Waals surface area contributed by atoms with Crippen LogP contribution in [0.3, 0.4) is 0 Å². The first-order chi connectivity index (χ1) is 14.8. The number of thioether (sulfide) groups is 1. The molecule has 1 fully saturated rings. The average Bonchev–Trinajstić information content (AvgIpc) is 3.47. The minimum Gasteiger partial charge on any atom is -0.356 e. The van der Waals surface area contributed by atoms with Gasteiger partial charge >= 0.3 is 0 Å². The Labute approximate surface area is 204 Å². The highest BCUT2D eigenvalue weighted by Gasteiger charge is 2.24. The maximum absolute atomic E-state index is 5.32. The summed E-state index contributed by atoms with van der Waals surface area (Å²) < 4.78 is 5.32. The minimum absolute atomic E-state index is 0. The minimum atomic E-state index is 0. The number of aliphatic imine (C=N–C) groups is 1. The summed E-state index contributed by atoms with van der Waals surface area (Å²) in [6.45, 7) is 2.77. The maximum atomic E-state index is 5.32. The van der Waals surface area contributed by atoms with Gasteiger partial charge in [-0.15, -0.1) is 35.7 Å². The molecule has 1 saturated heterocycles. The van der Waals surface area contributed by atoms with Crippen molar-refractivity contribution in [2.45, 2.75) is 17.7 Å². The monoisotopic (exact) mass is 550 g/mol. The highest BCUT2D eigenvalue weighted by Crippen LogP contribution is 2.25. The molecule has 3 heterocycles. The lowest BCUT2D eigenvalue weighted by Crippen LogP contribution is -2.41. The van der Waals surface area contributed by atoms with E-state index in [0.717, 1.165) is 24.8 Å². The van der Waals surface area contributed by atoms with Gasteiger partial charge in [0.15, 0.2) is 11.8 Å². The molecule has 0 saturated carbocycles. The van der Waals surface area contributed by atoms with Gasteiger partial charge in [0.1, 0.15) is 5.69 Å². The van der Waals surface area contributed by atoms with E-state index in [4.69, 9.17) is 4.52 Å². The van der Waals surface area contributed by atoms with Gasteiger partial charge in [-0.25, -0.2) is 0 Å². The Morgan fingerprint density at radius 2 is 2.06 bits per heavy atom. The van der Waals surface area contributed by atoms with Crippen LogP contribution in [0.15, 0.2) is 69.1 Å². The van der Waals surface area contributed by atoms with Crippen LogP contribution in [0.4, 0.5) is 0 Å². The summed E-state index contributed by atoms with van der Waals surface area (Å²) in [5.74, 6) is 3.87. The summed E-state index contributed by atoms with van der Waals surface area (Å²) in [6.07, 6.45) is 3.57. The van der Waals surface area contributed by atoms with Crippen LogP contribution in [-0.2, 0) is 6.42 Å². The zero-order chi connectivity index (χ0) is 20.6. The summed E-state index contributed by atoms with van der Waals surface area (Å²) in [5, 5.41) is 7.49. The second-order valence-corrected chi connectivity index (χ2v) is 8.27. The van der Waals surface area contributed by atoms with Crippen molar-refractivity contribution >= 4 is 41.7 Å². The Morgan fingerprint density at radius 1 is 1.23 bits per heavy atom. The van der Waals surface area contributed by atoms with Crippen LogP contribution in [-0.4, -0.2) is 58.4 Å². The van der Waals surface area contributed by atoms with Crippen LogP contribution < -0.4 is 5.32 Å². The van der Waals surface area contributed by atoms with E-state index < -0.39 is 0 Å². The van der Waals surface area contributed by atoms with E-state index in [0.29, 0.717) is 36.3 Å². The molecule has 4 rings (SSSR count). The second-order valence-electron chi connectivity index (χ2n) is 7.18. The molecule has 1 unspecified atom stereocenters. The maximum Gasteiger partial charge on any atom is 0.276 e. The van der Waals surface area contributed by atoms with Crippen molar-refractivity contribution in [1.29, 1.82) is 0 Å². The van der Waals surface area contributed by atoms with Gasteiger partial charge in [0.05, 0.1) is 0 Å². The molecule has 0 spiro atoms. The molecule has 2 aromatic heterocycles. The zero-order valence-corrected chi connectivity index (χ0v) is 20.6. The van der Waals surface area contributed by atoms with Crippen LogP contribution in [0.25, 0.3) is 11.6 Å². The molecule has 1 N–H and O–H groups in total. The Kier molecular flexibility index (Phi) is 9.13. The van der Waals surface area contributed by atoms with Gasteiger partial charge in [0.2, 0.25) is 0 Å². The van der Waals surface area contributed by atoms with Crippen LogP contribution >= 0.6 is 35.7 Å². The molecule has 0 radical (unpaired) electrons. The highest BCUT2D eigenvalue weighted by atomic mass is 127. The van der Waals surface area contributed by atoms with Gasteiger partial charge < -0.3 is 14.7 Å². The molecule has 0 aliphatic carbocycles. The third kappa shape index (κ3) is 6.67. The van der Waals surface area contributed by atoms with E-state index in [-0.39, 0.29) is 24.0 Å². The van der Waals surface area contributed by atoms with Gasteiger partial charge in [-0.3, -0.25) is 9.98 Å². The van der Waals surface area contributed by atoms with E-state index >= 15 is 0 Å². The molecule has 0 bridgehead atoms. The van der Waals surface area contributed by atoms with Gasteiger partial charge in [0, 0.05) is 49.9 Å². The number of likely N-dealkylation sites (tertiary alicyclic amines) is 1. The number of nitrogens with one attached hydrogen (secondary N) is 1. The molecule has 7 nitrogen and oxygen atoms in total. The fourth-order valence-electron chi connectivity index (χ4n) is 3.46. The van der Waals surface area contributed by atoms with E-state index in [9.17, 15) is 0 Å². The third-order valence-corrected chi connectivity index (χ3v) is 6.25. The molecule has 1 aliphatic rings. The number of hydrogen-bond donors (Lipinski definition) is 1. The summed E-state index contributed by atoms with van der Waals surface area (Å²) >= 11 is 1.94. The zero-order valence-electron chi connectivity index (χ0n) is 17.5. The molecule has 9 heteroatoms. The van der Waals surface area contributed by atoms with Crippen LogP contribution in [0.1, 0.15) is 12.2 Å². The van der Waals surface area contributed by atoms with Crippen molar-refractivity contribution in [2.24, 2.45) is 10.9 Å². The summed E-state index contributed by atoms with van der Waals surface area (Å²) in [7, 11) is 1.84. The van der Waals surface area contributed by atoms with Gasteiger partial charge in [-0.05, 0) is 36.6 Å². The van der Waals surface area contributed by atoms with Crippen LogP contribution in [0.2, 0.25) is 0 Å². The number of nitrogens with zero attached hydrogens (tertiary/aromatic N) is 5. The Bertz CT molecular complexity index is 953. The number of rotatable bonds is 7. The van der Waals surface area contributed by atoms with E-state index in [2.05, 4.69) is 60.7 Å². The quantitative estimate of drug-likeness (QED) is 0.206. The molecular formula is C22H27IN6OS. The number of aromatic nitrogens is 3. The molecule has 164 valence electrons. The SMILES string of the molecule is CN=C(NCCc1noc(-c2ccccn2)n1)N1CCC(CSc2ccccc2)C1.I. The first kappa shape index (κ1) is 23.5. The number of benzene rings is 1. The molecule has 31 heavy (non-hydrogen) atoms. The fourth-order valence-corrected chi connectivity index (χ4v) is 4.51. The number of halogens is 1. The van der Waals surface area contributed by atoms with Crippen molar-refractivity contribution < 1.29 is 4.52 Å². The first-order valence-electron chi connectivity index (χ1n) is 10.2. The standard InChI is InChI=1S/C22H26N6OS.HI/c1-23-22(28-14-11-17(15-28)16-30-18-7-3-2-4-8-18)25-13-10-20-26-21(29-27-20)19-9-5-6-12-24-19;/h2-9,12,17H,10-11,13-16H2,1H3,(H,23,25);1H. The summed E-state index contributed by atoms with van der Waals surface area (Å²) in [6, 6.07) is 16.2. The normalized spacial score (nSPS) is 16.2. The lowest BCUT2D eigenvalue weighted by atomic mass is 10.2. The van der Waals surface area contributed by atoms with Gasteiger partial charge in [0.25, 0.3) is 5.89 Å². The Morgan fingerprint density at radius 3 is 2.84 bits per heavy atom. The summed E-state index contributed by atoms with van der Waals surface area (Å²) in [4.78, 5) is 16.8. The molecule has 3 aromatic rings. The summed E-state index contributed by atoms with van der Waals surface area (Å²) in [5.41, 5.74) is 0.691. The molecule has 1 atom stereocenters.